The number of azo groups is 1. The lowest BCUT2D eigenvalue weighted by atomic mass is 9.95. The Bertz CT molecular complexity index is 587. The van der Waals surface area contributed by atoms with Crippen molar-refractivity contribution >= 4 is 5.95 Å². The number of hydrogen-bond donors (Lipinski definition) is 0. The summed E-state index contributed by atoms with van der Waals surface area (Å²) in [6.07, 6.45) is 12.3. The molecule has 0 saturated heterocycles. The third-order valence-electron chi connectivity index (χ3n) is 3.51. The highest BCUT2D eigenvalue weighted by molar-refractivity contribution is 5.31. The molecule has 19 heavy (non-hydrogen) atoms. The fourth-order valence-corrected chi connectivity index (χ4v) is 2.46. The molecule has 6 nitrogen and oxygen atoms in total. The molecule has 1 aliphatic carbocycles. The van der Waals surface area contributed by atoms with E-state index in [2.05, 4.69) is 57.8 Å². The number of allylic oxidation sites excluding steroid dienone is 2. The van der Waals surface area contributed by atoms with Crippen LogP contribution in [-0.2, 0) is 14.1 Å². The van der Waals surface area contributed by atoms with E-state index in [1.54, 1.807) is 11.0 Å². The molecule has 1 aliphatic heterocycles. The molecule has 2 heterocycles. The summed E-state index contributed by atoms with van der Waals surface area (Å²) in [5.41, 5.74) is 0.981. The minimum absolute atomic E-state index is 0.289. The maximum Gasteiger partial charge on any atom is 0.403 e. The van der Waals surface area contributed by atoms with Gasteiger partial charge in [-0.2, -0.15) is 0 Å². The molecule has 0 saturated carbocycles. The largest absolute Gasteiger partial charge is 0.403 e. The van der Waals surface area contributed by atoms with Gasteiger partial charge in [-0.15, -0.1) is 4.68 Å². The fraction of sp³-hybridized carbons (Fsp3) is 0.385. The Morgan fingerprint density at radius 2 is 2.00 bits per heavy atom. The smallest absolute Gasteiger partial charge is 0.371 e. The molecule has 1 aromatic heterocycles. The summed E-state index contributed by atoms with van der Waals surface area (Å²) in [5, 5.41) is 12.8. The van der Waals surface area contributed by atoms with Gasteiger partial charge in [-0.3, -0.25) is 0 Å². The van der Waals surface area contributed by atoms with Gasteiger partial charge in [0.2, 0.25) is 6.33 Å². The Morgan fingerprint density at radius 3 is 2.74 bits per heavy atom. The van der Waals surface area contributed by atoms with Crippen LogP contribution in [0.2, 0.25) is 0 Å². The summed E-state index contributed by atoms with van der Waals surface area (Å²) >= 11 is 0. The standard InChI is InChI=1S/C13H17N6/c1-17-8-11(10-6-4-5-7-12(10)17)15-16-13-18(2)9-14-19(13)3/h4-10,12H,1-3H3/q+1. The number of aromatic nitrogens is 3. The zero-order valence-electron chi connectivity index (χ0n) is 11.3. The van der Waals surface area contributed by atoms with Crippen molar-refractivity contribution in [3.05, 3.63) is 42.5 Å². The Hall–Kier alpha value is -2.24. The van der Waals surface area contributed by atoms with Crippen molar-refractivity contribution in [1.82, 2.24) is 14.7 Å². The number of fused-ring (bicyclic) bond motifs is 1. The summed E-state index contributed by atoms with van der Waals surface area (Å²) in [6.45, 7) is 0. The van der Waals surface area contributed by atoms with Crippen LogP contribution in [0.15, 0.2) is 52.8 Å². The minimum Gasteiger partial charge on any atom is -0.371 e. The highest BCUT2D eigenvalue weighted by Gasteiger charge is 2.31. The Labute approximate surface area is 112 Å². The van der Waals surface area contributed by atoms with Crippen LogP contribution < -0.4 is 4.57 Å². The maximum absolute atomic E-state index is 4.40. The van der Waals surface area contributed by atoms with Gasteiger partial charge in [0.25, 0.3) is 0 Å². The van der Waals surface area contributed by atoms with Gasteiger partial charge in [0.05, 0.1) is 20.1 Å². The van der Waals surface area contributed by atoms with E-state index in [1.165, 1.54) is 0 Å². The van der Waals surface area contributed by atoms with Gasteiger partial charge in [0.15, 0.2) is 0 Å². The molecular weight excluding hydrogens is 240 g/mol. The SMILES string of the molecule is CN1C=C(N=Nc2n(C)nc[n+]2C)C2C=CC=CC21. The van der Waals surface area contributed by atoms with Crippen molar-refractivity contribution in [2.24, 2.45) is 30.2 Å². The minimum atomic E-state index is 0.289. The van der Waals surface area contributed by atoms with Crippen LogP contribution in [0.5, 0.6) is 0 Å². The Balaban J connectivity index is 1.86. The second-order valence-corrected chi connectivity index (χ2v) is 4.87. The molecule has 3 rings (SSSR count). The third-order valence-corrected chi connectivity index (χ3v) is 3.51. The molecule has 0 N–H and O–H groups in total. The molecule has 0 amide bonds. The van der Waals surface area contributed by atoms with Gasteiger partial charge in [0, 0.05) is 24.3 Å². The lowest BCUT2D eigenvalue weighted by Crippen LogP contribution is -2.27. The normalized spacial score (nSPS) is 25.2. The van der Waals surface area contributed by atoms with Crippen LogP contribution in [0.1, 0.15) is 0 Å². The Kier molecular flexibility index (Phi) is 2.77. The molecule has 0 spiro atoms. The molecule has 2 aliphatic rings. The number of rotatable bonds is 2. The zero-order valence-corrected chi connectivity index (χ0v) is 11.3. The molecule has 0 radical (unpaired) electrons. The van der Waals surface area contributed by atoms with E-state index in [1.807, 2.05) is 18.7 Å². The van der Waals surface area contributed by atoms with Crippen LogP contribution in [0.3, 0.4) is 0 Å². The quantitative estimate of drug-likeness (QED) is 0.591. The van der Waals surface area contributed by atoms with Crippen LogP contribution in [0, 0.1) is 5.92 Å². The van der Waals surface area contributed by atoms with Crippen molar-refractivity contribution in [2.45, 2.75) is 6.04 Å². The van der Waals surface area contributed by atoms with E-state index in [9.17, 15) is 0 Å². The van der Waals surface area contributed by atoms with Crippen molar-refractivity contribution in [3.8, 4) is 0 Å². The molecule has 0 fully saturated rings. The van der Waals surface area contributed by atoms with Gasteiger partial charge >= 0.3 is 5.95 Å². The summed E-state index contributed by atoms with van der Waals surface area (Å²) in [7, 11) is 5.83. The number of hydrogen-bond acceptors (Lipinski definition) is 4. The van der Waals surface area contributed by atoms with Gasteiger partial charge in [-0.1, -0.05) is 29.4 Å². The van der Waals surface area contributed by atoms with Gasteiger partial charge in [-0.05, 0) is 5.10 Å². The molecule has 98 valence electrons. The predicted molar refractivity (Wildman–Crippen MR) is 70.3 cm³/mol. The summed E-state index contributed by atoms with van der Waals surface area (Å²) < 4.78 is 3.55. The zero-order chi connectivity index (χ0) is 13.4. The second-order valence-electron chi connectivity index (χ2n) is 4.87. The first-order chi connectivity index (χ1) is 9.16. The van der Waals surface area contributed by atoms with Crippen LogP contribution in [-0.4, -0.2) is 27.8 Å². The summed E-state index contributed by atoms with van der Waals surface area (Å²) in [6, 6.07) is 0.360. The Morgan fingerprint density at radius 1 is 1.21 bits per heavy atom. The van der Waals surface area contributed by atoms with E-state index in [0.717, 1.165) is 11.6 Å². The summed E-state index contributed by atoms with van der Waals surface area (Å²) in [4.78, 5) is 2.17. The second kappa shape index (κ2) is 4.46. The van der Waals surface area contributed by atoms with Crippen LogP contribution in [0.4, 0.5) is 5.95 Å². The van der Waals surface area contributed by atoms with Crippen molar-refractivity contribution in [2.75, 3.05) is 7.05 Å². The third kappa shape index (κ3) is 1.99. The van der Waals surface area contributed by atoms with E-state index in [0.29, 0.717) is 6.04 Å². The monoisotopic (exact) mass is 257 g/mol. The summed E-state index contributed by atoms with van der Waals surface area (Å²) in [5.74, 6) is 1.01. The molecule has 0 bridgehead atoms. The first-order valence-corrected chi connectivity index (χ1v) is 6.25. The molecule has 1 aromatic rings. The molecule has 2 unspecified atom stereocenters. The highest BCUT2D eigenvalue weighted by atomic mass is 15.4. The number of likely N-dealkylation sites (N-methyl/N-ethyl adjacent to an activating group) is 1. The lowest BCUT2D eigenvalue weighted by Gasteiger charge is -2.22. The maximum atomic E-state index is 4.40. The number of nitrogens with zero attached hydrogens (tertiary/aromatic N) is 6. The van der Waals surface area contributed by atoms with Crippen molar-refractivity contribution in [1.29, 1.82) is 0 Å². The predicted octanol–water partition coefficient (Wildman–Crippen LogP) is 1.23. The van der Waals surface area contributed by atoms with Crippen LogP contribution in [0.25, 0.3) is 0 Å². The molecule has 6 heteroatoms. The lowest BCUT2D eigenvalue weighted by molar-refractivity contribution is -0.659. The topological polar surface area (TPSA) is 49.7 Å². The number of aryl methyl sites for hydroxylation is 2. The van der Waals surface area contributed by atoms with E-state index >= 15 is 0 Å². The van der Waals surface area contributed by atoms with Crippen molar-refractivity contribution < 1.29 is 4.57 Å². The van der Waals surface area contributed by atoms with Gasteiger partial charge in [0.1, 0.15) is 5.70 Å². The first kappa shape index (κ1) is 11.8. The van der Waals surface area contributed by atoms with Gasteiger partial charge < -0.3 is 4.90 Å². The fourth-order valence-electron chi connectivity index (χ4n) is 2.46. The van der Waals surface area contributed by atoms with Crippen LogP contribution >= 0.6 is 0 Å². The molecule has 0 aromatic carbocycles. The van der Waals surface area contributed by atoms with Crippen molar-refractivity contribution in [3.63, 3.8) is 0 Å². The van der Waals surface area contributed by atoms with E-state index in [4.69, 9.17) is 0 Å². The van der Waals surface area contributed by atoms with E-state index < -0.39 is 0 Å². The molecule has 2 atom stereocenters. The average molecular weight is 257 g/mol. The van der Waals surface area contributed by atoms with E-state index in [-0.39, 0.29) is 5.92 Å². The van der Waals surface area contributed by atoms with Gasteiger partial charge in [-0.25, -0.2) is 4.57 Å². The average Bonchev–Trinajstić information content (AvgIpc) is 2.90. The highest BCUT2D eigenvalue weighted by Crippen LogP contribution is 2.32. The first-order valence-electron chi connectivity index (χ1n) is 6.25. The molecular formula is C13H17N6+.